The lowest BCUT2D eigenvalue weighted by Crippen LogP contribution is -1.93. The quantitative estimate of drug-likeness (QED) is 0.192. The van der Waals surface area contributed by atoms with Gasteiger partial charge in [0, 0.05) is 28.9 Å². The SMILES string of the molecule is c1ccc(-c2c3ccccc3c(-c3ccc(-c4ccc5c(c4)c4cnccc4n5-c4ccccc4)cc3)c3ccccc23)cc1. The number of hydrogen-bond acceptors (Lipinski definition) is 1. The van der Waals surface area contributed by atoms with Crippen LogP contribution in [0.5, 0.6) is 0 Å². The van der Waals surface area contributed by atoms with E-state index in [1.54, 1.807) is 0 Å². The Hall–Kier alpha value is -5.99. The zero-order chi connectivity index (χ0) is 29.7. The van der Waals surface area contributed by atoms with E-state index in [9.17, 15) is 0 Å². The standard InChI is InChI=1S/C43H28N2/c1-3-11-30(12-4-1)42-34-15-7-9-17-36(34)43(37-18-10-8-16-35(37)42)31-21-19-29(20-22-31)32-23-24-40-38(27-32)39-28-44-26-25-41(39)45(40)33-13-5-2-6-14-33/h1-28H. The average molecular weight is 573 g/mol. The van der Waals surface area contributed by atoms with Crippen molar-refractivity contribution in [2.45, 2.75) is 0 Å². The van der Waals surface area contributed by atoms with Crippen molar-refractivity contribution in [2.75, 3.05) is 0 Å². The fourth-order valence-corrected chi connectivity index (χ4v) is 7.09. The van der Waals surface area contributed by atoms with Crippen LogP contribution in [0.1, 0.15) is 0 Å². The number of para-hydroxylation sites is 1. The minimum Gasteiger partial charge on any atom is -0.309 e. The Kier molecular flexibility index (Phi) is 5.85. The van der Waals surface area contributed by atoms with Crippen molar-refractivity contribution in [2.24, 2.45) is 0 Å². The van der Waals surface area contributed by atoms with Crippen LogP contribution in [0, 0.1) is 0 Å². The summed E-state index contributed by atoms with van der Waals surface area (Å²) in [5.41, 5.74) is 10.9. The summed E-state index contributed by atoms with van der Waals surface area (Å²) in [6.07, 6.45) is 3.86. The molecule has 0 saturated heterocycles. The fourth-order valence-electron chi connectivity index (χ4n) is 7.09. The molecule has 0 saturated carbocycles. The molecule has 0 radical (unpaired) electrons. The maximum atomic E-state index is 4.48. The van der Waals surface area contributed by atoms with Crippen molar-refractivity contribution >= 4 is 43.4 Å². The van der Waals surface area contributed by atoms with Crippen LogP contribution >= 0.6 is 0 Å². The first-order chi connectivity index (χ1) is 22.3. The summed E-state index contributed by atoms with van der Waals surface area (Å²) in [6, 6.07) is 57.0. The molecule has 9 rings (SSSR count). The van der Waals surface area contributed by atoms with Gasteiger partial charge in [0.25, 0.3) is 0 Å². The largest absolute Gasteiger partial charge is 0.309 e. The van der Waals surface area contributed by atoms with Gasteiger partial charge in [-0.15, -0.1) is 0 Å². The number of rotatable bonds is 4. The third kappa shape index (κ3) is 4.07. The minimum atomic E-state index is 1.15. The summed E-state index contributed by atoms with van der Waals surface area (Å²) in [4.78, 5) is 4.48. The van der Waals surface area contributed by atoms with E-state index in [1.165, 1.54) is 65.8 Å². The number of hydrogen-bond donors (Lipinski definition) is 0. The Labute approximate surface area is 261 Å². The van der Waals surface area contributed by atoms with E-state index in [0.717, 1.165) is 16.6 Å². The van der Waals surface area contributed by atoms with Gasteiger partial charge in [-0.25, -0.2) is 0 Å². The molecule has 0 unspecified atom stereocenters. The van der Waals surface area contributed by atoms with Gasteiger partial charge in [0.2, 0.25) is 0 Å². The van der Waals surface area contributed by atoms with Gasteiger partial charge in [-0.05, 0) is 85.3 Å². The van der Waals surface area contributed by atoms with E-state index < -0.39 is 0 Å². The highest BCUT2D eigenvalue weighted by atomic mass is 15.0. The van der Waals surface area contributed by atoms with Crippen LogP contribution in [-0.4, -0.2) is 9.55 Å². The molecule has 45 heavy (non-hydrogen) atoms. The molecule has 0 amide bonds. The molecule has 9 aromatic rings. The Bertz CT molecular complexity index is 2450. The molecule has 0 atom stereocenters. The zero-order valence-corrected chi connectivity index (χ0v) is 24.6. The molecule has 0 spiro atoms. The molecule has 2 heterocycles. The smallest absolute Gasteiger partial charge is 0.0571 e. The maximum absolute atomic E-state index is 4.48. The predicted molar refractivity (Wildman–Crippen MR) is 190 cm³/mol. The Morgan fingerprint density at radius 1 is 0.356 bits per heavy atom. The minimum absolute atomic E-state index is 1.15. The van der Waals surface area contributed by atoms with E-state index in [2.05, 4.69) is 167 Å². The van der Waals surface area contributed by atoms with Crippen LogP contribution < -0.4 is 0 Å². The van der Waals surface area contributed by atoms with Gasteiger partial charge in [-0.1, -0.05) is 127 Å². The highest BCUT2D eigenvalue weighted by molar-refractivity contribution is 6.21. The number of fused-ring (bicyclic) bond motifs is 5. The Morgan fingerprint density at radius 2 is 0.844 bits per heavy atom. The molecule has 0 aliphatic heterocycles. The van der Waals surface area contributed by atoms with Gasteiger partial charge >= 0.3 is 0 Å². The lowest BCUT2D eigenvalue weighted by atomic mass is 9.86. The predicted octanol–water partition coefficient (Wildman–Crippen LogP) is 11.5. The number of nitrogens with zero attached hydrogens (tertiary/aromatic N) is 2. The Morgan fingerprint density at radius 3 is 1.47 bits per heavy atom. The van der Waals surface area contributed by atoms with Crippen LogP contribution in [0.3, 0.4) is 0 Å². The van der Waals surface area contributed by atoms with E-state index >= 15 is 0 Å². The second-order valence-electron chi connectivity index (χ2n) is 11.6. The van der Waals surface area contributed by atoms with E-state index in [1.807, 2.05) is 12.4 Å². The molecule has 0 N–H and O–H groups in total. The van der Waals surface area contributed by atoms with Crippen LogP contribution in [0.4, 0.5) is 0 Å². The third-order valence-corrected chi connectivity index (χ3v) is 9.08. The summed E-state index contributed by atoms with van der Waals surface area (Å²) in [5, 5.41) is 7.45. The first-order valence-electron chi connectivity index (χ1n) is 15.4. The Balaban J connectivity index is 1.20. The summed E-state index contributed by atoms with van der Waals surface area (Å²) in [6.45, 7) is 0. The van der Waals surface area contributed by atoms with Crippen molar-refractivity contribution < 1.29 is 0 Å². The topological polar surface area (TPSA) is 17.8 Å². The molecular formula is C43H28N2. The molecule has 2 aromatic heterocycles. The van der Waals surface area contributed by atoms with Crippen molar-refractivity contribution in [1.82, 2.24) is 9.55 Å². The lowest BCUT2D eigenvalue weighted by Gasteiger charge is -2.18. The van der Waals surface area contributed by atoms with E-state index in [0.29, 0.717) is 0 Å². The van der Waals surface area contributed by atoms with Crippen molar-refractivity contribution in [3.8, 4) is 39.1 Å². The van der Waals surface area contributed by atoms with E-state index in [4.69, 9.17) is 0 Å². The molecular weight excluding hydrogens is 544 g/mol. The highest BCUT2D eigenvalue weighted by Gasteiger charge is 2.17. The zero-order valence-electron chi connectivity index (χ0n) is 24.6. The monoisotopic (exact) mass is 572 g/mol. The van der Waals surface area contributed by atoms with Gasteiger partial charge in [-0.3, -0.25) is 4.98 Å². The summed E-state index contributed by atoms with van der Waals surface area (Å²) in [5.74, 6) is 0. The molecule has 0 aliphatic carbocycles. The molecule has 0 aliphatic rings. The van der Waals surface area contributed by atoms with Gasteiger partial charge < -0.3 is 4.57 Å². The highest BCUT2D eigenvalue weighted by Crippen LogP contribution is 2.44. The molecule has 0 bridgehead atoms. The summed E-state index contributed by atoms with van der Waals surface area (Å²) >= 11 is 0. The summed E-state index contributed by atoms with van der Waals surface area (Å²) in [7, 11) is 0. The second-order valence-corrected chi connectivity index (χ2v) is 11.6. The van der Waals surface area contributed by atoms with Crippen molar-refractivity contribution in [3.63, 3.8) is 0 Å². The molecule has 7 aromatic carbocycles. The first kappa shape index (κ1) is 25.5. The third-order valence-electron chi connectivity index (χ3n) is 9.08. The van der Waals surface area contributed by atoms with Crippen molar-refractivity contribution in [3.05, 3.63) is 170 Å². The van der Waals surface area contributed by atoms with Crippen LogP contribution in [0.25, 0.3) is 82.4 Å². The number of aromatic nitrogens is 2. The summed E-state index contributed by atoms with van der Waals surface area (Å²) < 4.78 is 2.33. The van der Waals surface area contributed by atoms with Gasteiger partial charge in [0.15, 0.2) is 0 Å². The number of pyridine rings is 1. The fraction of sp³-hybridized carbons (Fsp3) is 0. The molecule has 2 nitrogen and oxygen atoms in total. The number of benzene rings is 7. The molecule has 0 fully saturated rings. The van der Waals surface area contributed by atoms with Gasteiger partial charge in [0.1, 0.15) is 0 Å². The normalized spacial score (nSPS) is 11.6. The first-order valence-corrected chi connectivity index (χ1v) is 15.4. The maximum Gasteiger partial charge on any atom is 0.0571 e. The van der Waals surface area contributed by atoms with Crippen LogP contribution in [-0.2, 0) is 0 Å². The van der Waals surface area contributed by atoms with Gasteiger partial charge in [0.05, 0.1) is 11.0 Å². The molecule has 2 heteroatoms. The lowest BCUT2D eigenvalue weighted by molar-refractivity contribution is 1.17. The van der Waals surface area contributed by atoms with Crippen LogP contribution in [0.15, 0.2) is 170 Å². The van der Waals surface area contributed by atoms with Crippen molar-refractivity contribution in [1.29, 1.82) is 0 Å². The van der Waals surface area contributed by atoms with E-state index in [-0.39, 0.29) is 0 Å². The van der Waals surface area contributed by atoms with Gasteiger partial charge in [-0.2, -0.15) is 0 Å². The average Bonchev–Trinajstić information content (AvgIpc) is 3.45. The second kappa shape index (κ2) is 10.3. The molecule has 210 valence electrons. The van der Waals surface area contributed by atoms with Crippen LogP contribution in [0.2, 0.25) is 0 Å².